The second kappa shape index (κ2) is 13.3. The van der Waals surface area contributed by atoms with Crippen molar-refractivity contribution < 1.29 is 23.8 Å². The Bertz CT molecular complexity index is 912. The van der Waals surface area contributed by atoms with Crippen molar-refractivity contribution in [3.8, 4) is 11.5 Å². The summed E-state index contributed by atoms with van der Waals surface area (Å²) in [6.45, 7) is 3.45. The van der Waals surface area contributed by atoms with Crippen LogP contribution < -0.4 is 14.8 Å². The largest absolute Gasteiger partial charge is 0.497 e. The minimum absolute atomic E-state index is 0.120. The molecule has 1 aliphatic carbocycles. The highest BCUT2D eigenvalue weighted by Crippen LogP contribution is 2.35. The van der Waals surface area contributed by atoms with Crippen LogP contribution in [0.3, 0.4) is 0 Å². The van der Waals surface area contributed by atoms with Crippen LogP contribution in [0.25, 0.3) is 0 Å². The summed E-state index contributed by atoms with van der Waals surface area (Å²) in [6, 6.07) is 8.30. The summed E-state index contributed by atoms with van der Waals surface area (Å²) in [7, 11) is 3.15. The minimum atomic E-state index is -0.834. The number of benzene rings is 1. The Morgan fingerprint density at radius 2 is 1.94 bits per heavy atom. The van der Waals surface area contributed by atoms with Crippen LogP contribution in [0, 0.1) is 0 Å². The van der Waals surface area contributed by atoms with Crippen molar-refractivity contribution >= 4 is 23.2 Å². The molecule has 0 radical (unpaired) electrons. The van der Waals surface area contributed by atoms with Crippen molar-refractivity contribution in [1.82, 2.24) is 10.2 Å². The molecular weight excluding hydrogens is 452 g/mol. The summed E-state index contributed by atoms with van der Waals surface area (Å²) >= 11 is 1.37. The zero-order valence-electron chi connectivity index (χ0n) is 20.4. The fourth-order valence-electron chi connectivity index (χ4n) is 4.39. The lowest BCUT2D eigenvalue weighted by Gasteiger charge is -2.34. The lowest BCUT2D eigenvalue weighted by Crippen LogP contribution is -2.47. The summed E-state index contributed by atoms with van der Waals surface area (Å²) in [5.41, 5.74) is 0.637. The Kier molecular flexibility index (Phi) is 10.2. The third-order valence-corrected chi connectivity index (χ3v) is 6.99. The van der Waals surface area contributed by atoms with Gasteiger partial charge in [-0.3, -0.25) is 9.59 Å². The fourth-order valence-corrected chi connectivity index (χ4v) is 5.07. The summed E-state index contributed by atoms with van der Waals surface area (Å²) in [4.78, 5) is 29.7. The van der Waals surface area contributed by atoms with Gasteiger partial charge in [0, 0.05) is 37.4 Å². The monoisotopic (exact) mass is 488 g/mol. The Balaban J connectivity index is 2.00. The molecule has 0 unspecified atom stereocenters. The molecule has 3 rings (SSSR count). The number of nitrogens with zero attached hydrogens (tertiary/aromatic N) is 1. The van der Waals surface area contributed by atoms with Gasteiger partial charge in [-0.05, 0) is 49.8 Å². The number of hydrogen-bond acceptors (Lipinski definition) is 6. The predicted molar refractivity (Wildman–Crippen MR) is 134 cm³/mol. The summed E-state index contributed by atoms with van der Waals surface area (Å²) in [6.07, 6.45) is 5.95. The van der Waals surface area contributed by atoms with Crippen LogP contribution in [-0.2, 0) is 9.53 Å². The first kappa shape index (κ1) is 26.0. The Morgan fingerprint density at radius 3 is 2.59 bits per heavy atom. The molecule has 1 aliphatic rings. The number of amides is 2. The van der Waals surface area contributed by atoms with Crippen molar-refractivity contribution in [2.75, 3.05) is 34.0 Å². The highest BCUT2D eigenvalue weighted by atomic mass is 32.1. The Labute approximate surface area is 206 Å². The highest BCUT2D eigenvalue weighted by molar-refractivity contribution is 7.12. The summed E-state index contributed by atoms with van der Waals surface area (Å²) in [5.74, 6) is 0.779. The normalized spacial score (nSPS) is 14.9. The maximum absolute atomic E-state index is 13.8. The minimum Gasteiger partial charge on any atom is -0.497 e. The first-order chi connectivity index (χ1) is 16.6. The maximum Gasteiger partial charge on any atom is 0.264 e. The predicted octanol–water partition coefficient (Wildman–Crippen LogP) is 4.82. The quantitative estimate of drug-likeness (QED) is 0.433. The standard InChI is InChI=1S/C26H36N2O5S/c1-4-33-16-9-15-28(26(30)23-12-8-17-34-23)24(25(29)27-19-10-6-5-7-11-19)21-14-13-20(31-2)18-22(21)32-3/h8,12-14,17-19,24H,4-7,9-11,15-16H2,1-3H3,(H,27,29)/t24-/m1/s1. The van der Waals surface area contributed by atoms with Gasteiger partial charge in [-0.15, -0.1) is 11.3 Å². The van der Waals surface area contributed by atoms with E-state index >= 15 is 0 Å². The second-order valence-corrected chi connectivity index (χ2v) is 9.33. The van der Waals surface area contributed by atoms with Gasteiger partial charge < -0.3 is 24.4 Å². The van der Waals surface area contributed by atoms with E-state index in [0.29, 0.717) is 48.1 Å². The van der Waals surface area contributed by atoms with E-state index in [1.54, 1.807) is 37.3 Å². The maximum atomic E-state index is 13.8. The van der Waals surface area contributed by atoms with Gasteiger partial charge in [0.05, 0.1) is 19.1 Å². The SMILES string of the molecule is CCOCCCN(C(=O)c1cccs1)[C@@H](C(=O)NC1CCCCC1)c1ccc(OC)cc1OC. The Morgan fingerprint density at radius 1 is 1.15 bits per heavy atom. The number of methoxy groups -OCH3 is 2. The zero-order valence-corrected chi connectivity index (χ0v) is 21.2. The molecule has 0 bridgehead atoms. The number of ether oxygens (including phenoxy) is 3. The van der Waals surface area contributed by atoms with E-state index in [4.69, 9.17) is 14.2 Å². The first-order valence-corrected chi connectivity index (χ1v) is 12.9. The molecule has 2 amide bonds. The lowest BCUT2D eigenvalue weighted by molar-refractivity contribution is -0.127. The van der Waals surface area contributed by atoms with E-state index < -0.39 is 6.04 Å². The molecule has 34 heavy (non-hydrogen) atoms. The van der Waals surface area contributed by atoms with Crippen molar-refractivity contribution in [1.29, 1.82) is 0 Å². The molecule has 1 aromatic heterocycles. The van der Waals surface area contributed by atoms with Crippen LogP contribution >= 0.6 is 11.3 Å². The Hall–Kier alpha value is -2.58. The molecular formula is C26H36N2O5S. The van der Waals surface area contributed by atoms with Crippen molar-refractivity contribution in [3.05, 3.63) is 46.2 Å². The topological polar surface area (TPSA) is 77.1 Å². The van der Waals surface area contributed by atoms with E-state index in [1.807, 2.05) is 24.4 Å². The van der Waals surface area contributed by atoms with E-state index in [9.17, 15) is 9.59 Å². The fraction of sp³-hybridized carbons (Fsp3) is 0.538. The number of nitrogens with one attached hydrogen (secondary N) is 1. The molecule has 1 heterocycles. The van der Waals surface area contributed by atoms with Gasteiger partial charge in [0.25, 0.3) is 5.91 Å². The molecule has 7 nitrogen and oxygen atoms in total. The van der Waals surface area contributed by atoms with E-state index in [0.717, 1.165) is 25.7 Å². The third kappa shape index (κ3) is 6.73. The van der Waals surface area contributed by atoms with Gasteiger partial charge in [0.2, 0.25) is 5.91 Å². The van der Waals surface area contributed by atoms with E-state index in [-0.39, 0.29) is 17.9 Å². The van der Waals surface area contributed by atoms with Crippen LogP contribution in [0.2, 0.25) is 0 Å². The molecule has 0 saturated heterocycles. The van der Waals surface area contributed by atoms with Crippen LogP contribution in [0.4, 0.5) is 0 Å². The van der Waals surface area contributed by atoms with Crippen LogP contribution in [0.15, 0.2) is 35.7 Å². The van der Waals surface area contributed by atoms with Gasteiger partial charge in [-0.2, -0.15) is 0 Å². The van der Waals surface area contributed by atoms with Gasteiger partial charge in [0.15, 0.2) is 0 Å². The number of carbonyl (C=O) groups excluding carboxylic acids is 2. The molecule has 1 fully saturated rings. The van der Waals surface area contributed by atoms with E-state index in [1.165, 1.54) is 17.8 Å². The van der Waals surface area contributed by atoms with Gasteiger partial charge in [0.1, 0.15) is 17.5 Å². The number of rotatable bonds is 12. The molecule has 1 atom stereocenters. The lowest BCUT2D eigenvalue weighted by atomic mass is 9.94. The number of thiophene rings is 1. The second-order valence-electron chi connectivity index (χ2n) is 8.38. The van der Waals surface area contributed by atoms with Crippen LogP contribution in [-0.4, -0.2) is 56.7 Å². The summed E-state index contributed by atoms with van der Waals surface area (Å²) in [5, 5.41) is 5.10. The van der Waals surface area contributed by atoms with Gasteiger partial charge in [-0.1, -0.05) is 25.3 Å². The number of hydrogen-bond donors (Lipinski definition) is 1. The molecule has 1 aromatic carbocycles. The zero-order chi connectivity index (χ0) is 24.3. The highest BCUT2D eigenvalue weighted by Gasteiger charge is 2.35. The van der Waals surface area contributed by atoms with Gasteiger partial charge in [-0.25, -0.2) is 0 Å². The smallest absolute Gasteiger partial charge is 0.264 e. The molecule has 1 N–H and O–H groups in total. The van der Waals surface area contributed by atoms with Crippen molar-refractivity contribution in [2.24, 2.45) is 0 Å². The molecule has 2 aromatic rings. The molecule has 8 heteroatoms. The molecule has 0 aliphatic heterocycles. The number of carbonyl (C=O) groups is 2. The summed E-state index contributed by atoms with van der Waals surface area (Å²) < 4.78 is 16.5. The molecule has 0 spiro atoms. The van der Waals surface area contributed by atoms with Crippen molar-refractivity contribution in [3.63, 3.8) is 0 Å². The van der Waals surface area contributed by atoms with Crippen LogP contribution in [0.5, 0.6) is 11.5 Å². The van der Waals surface area contributed by atoms with E-state index in [2.05, 4.69) is 5.32 Å². The molecule has 186 valence electrons. The van der Waals surface area contributed by atoms with Gasteiger partial charge >= 0.3 is 0 Å². The first-order valence-electron chi connectivity index (χ1n) is 12.0. The molecule has 1 saturated carbocycles. The average Bonchev–Trinajstić information content (AvgIpc) is 3.41. The van der Waals surface area contributed by atoms with Crippen molar-refractivity contribution in [2.45, 2.75) is 57.5 Å². The van der Waals surface area contributed by atoms with Crippen LogP contribution in [0.1, 0.15) is 66.7 Å². The third-order valence-electron chi connectivity index (χ3n) is 6.13. The average molecular weight is 489 g/mol.